The van der Waals surface area contributed by atoms with E-state index in [1.165, 1.54) is 24.3 Å². The van der Waals surface area contributed by atoms with Crippen LogP contribution in [0.2, 0.25) is 0 Å². The molecule has 1 aromatic carbocycles. The van der Waals surface area contributed by atoms with Crippen LogP contribution >= 0.6 is 0 Å². The minimum atomic E-state index is -0.654. The highest BCUT2D eigenvalue weighted by atomic mass is 19.1. The fraction of sp³-hybridized carbons (Fsp3) is 0.533. The molecule has 3 unspecified atom stereocenters. The summed E-state index contributed by atoms with van der Waals surface area (Å²) in [6.07, 6.45) is 1.78. The molecule has 0 bridgehead atoms. The summed E-state index contributed by atoms with van der Waals surface area (Å²) in [6, 6.07) is 5.55. The number of halogens is 1. The first-order valence-electron chi connectivity index (χ1n) is 6.94. The predicted molar refractivity (Wildman–Crippen MR) is 72.8 cm³/mol. The summed E-state index contributed by atoms with van der Waals surface area (Å²) in [6.45, 7) is 2.11. The second-order valence-electron chi connectivity index (χ2n) is 5.22. The first kappa shape index (κ1) is 14.8. The molecule has 2 N–H and O–H groups in total. The van der Waals surface area contributed by atoms with Gasteiger partial charge in [0, 0.05) is 12.5 Å². The van der Waals surface area contributed by atoms with E-state index in [1.807, 2.05) is 0 Å². The lowest BCUT2D eigenvalue weighted by Gasteiger charge is -2.18. The highest BCUT2D eigenvalue weighted by Gasteiger charge is 2.26. The van der Waals surface area contributed by atoms with Gasteiger partial charge in [0.25, 0.3) is 5.91 Å². The molecule has 20 heavy (non-hydrogen) atoms. The van der Waals surface area contributed by atoms with Crippen LogP contribution in [0.25, 0.3) is 0 Å². The number of benzene rings is 1. The van der Waals surface area contributed by atoms with Crippen LogP contribution in [0.3, 0.4) is 0 Å². The topological polar surface area (TPSA) is 58.6 Å². The molecule has 1 amide bonds. The van der Waals surface area contributed by atoms with Gasteiger partial charge in [-0.1, -0.05) is 6.42 Å². The van der Waals surface area contributed by atoms with E-state index in [2.05, 4.69) is 5.32 Å². The minimum Gasteiger partial charge on any atom is -0.481 e. The molecule has 1 aromatic rings. The molecule has 4 nitrogen and oxygen atoms in total. The number of hydrogen-bond donors (Lipinski definition) is 2. The van der Waals surface area contributed by atoms with Gasteiger partial charge in [0.05, 0.1) is 6.10 Å². The minimum absolute atomic E-state index is 0.136. The summed E-state index contributed by atoms with van der Waals surface area (Å²) in [4.78, 5) is 11.9. The van der Waals surface area contributed by atoms with E-state index in [9.17, 15) is 14.3 Å². The molecule has 1 aliphatic carbocycles. The van der Waals surface area contributed by atoms with E-state index in [0.29, 0.717) is 12.3 Å². The van der Waals surface area contributed by atoms with Gasteiger partial charge in [-0.15, -0.1) is 0 Å². The average molecular weight is 281 g/mol. The summed E-state index contributed by atoms with van der Waals surface area (Å²) >= 11 is 0. The van der Waals surface area contributed by atoms with Gasteiger partial charge in [-0.25, -0.2) is 4.39 Å². The number of hydrogen-bond acceptors (Lipinski definition) is 3. The number of amides is 1. The molecular formula is C15H20FNO3. The molecule has 5 heteroatoms. The predicted octanol–water partition coefficient (Wildman–Crippen LogP) is 1.87. The maximum atomic E-state index is 12.8. The molecular weight excluding hydrogens is 261 g/mol. The van der Waals surface area contributed by atoms with Gasteiger partial charge in [0.1, 0.15) is 11.6 Å². The van der Waals surface area contributed by atoms with Crippen molar-refractivity contribution in [2.45, 2.75) is 38.4 Å². The molecule has 110 valence electrons. The van der Waals surface area contributed by atoms with Crippen molar-refractivity contribution in [3.8, 4) is 5.75 Å². The highest BCUT2D eigenvalue weighted by molar-refractivity contribution is 5.80. The third kappa shape index (κ3) is 3.93. The van der Waals surface area contributed by atoms with E-state index in [4.69, 9.17) is 4.74 Å². The number of nitrogens with one attached hydrogen (secondary N) is 1. The van der Waals surface area contributed by atoms with E-state index < -0.39 is 6.10 Å². The number of aliphatic hydroxyl groups is 1. The normalized spacial score (nSPS) is 23.4. The maximum Gasteiger partial charge on any atom is 0.260 e. The average Bonchev–Trinajstić information content (AvgIpc) is 2.84. The zero-order valence-electron chi connectivity index (χ0n) is 11.5. The molecule has 1 aliphatic rings. The van der Waals surface area contributed by atoms with Crippen LogP contribution < -0.4 is 10.1 Å². The fourth-order valence-electron chi connectivity index (χ4n) is 2.40. The molecule has 2 rings (SSSR count). The number of aliphatic hydroxyl groups excluding tert-OH is 1. The number of carbonyl (C=O) groups is 1. The Bertz CT molecular complexity index is 449. The Hall–Kier alpha value is -1.62. The quantitative estimate of drug-likeness (QED) is 0.866. The van der Waals surface area contributed by atoms with Gasteiger partial charge < -0.3 is 15.2 Å². The standard InChI is InChI=1S/C15H20FNO3/c1-10(20-13-7-5-12(16)6-8-13)15(19)17-9-11-3-2-4-14(11)18/h5-8,10-11,14,18H,2-4,9H2,1H3,(H,17,19). The van der Waals surface area contributed by atoms with Crippen LogP contribution in [0, 0.1) is 11.7 Å². The molecule has 1 fully saturated rings. The summed E-state index contributed by atoms with van der Waals surface area (Å²) in [5.74, 6) is 0.0185. The maximum absolute atomic E-state index is 12.8. The van der Waals surface area contributed by atoms with Gasteiger partial charge in [-0.05, 0) is 44.0 Å². The fourth-order valence-corrected chi connectivity index (χ4v) is 2.40. The van der Waals surface area contributed by atoms with Crippen molar-refractivity contribution >= 4 is 5.91 Å². The van der Waals surface area contributed by atoms with Crippen LogP contribution in [0.1, 0.15) is 26.2 Å². The second kappa shape index (κ2) is 6.70. The van der Waals surface area contributed by atoms with Gasteiger partial charge in [-0.2, -0.15) is 0 Å². The molecule has 0 spiro atoms. The second-order valence-corrected chi connectivity index (χ2v) is 5.22. The Morgan fingerprint density at radius 3 is 2.75 bits per heavy atom. The largest absolute Gasteiger partial charge is 0.481 e. The van der Waals surface area contributed by atoms with E-state index in [0.717, 1.165) is 19.3 Å². The molecule has 0 radical (unpaired) electrons. The van der Waals surface area contributed by atoms with Crippen molar-refractivity contribution < 1.29 is 19.0 Å². The van der Waals surface area contributed by atoms with Crippen LogP contribution in [0.15, 0.2) is 24.3 Å². The van der Waals surface area contributed by atoms with E-state index in [-0.39, 0.29) is 23.7 Å². The van der Waals surface area contributed by atoms with Crippen molar-refractivity contribution in [1.29, 1.82) is 0 Å². The van der Waals surface area contributed by atoms with Crippen LogP contribution in [0.5, 0.6) is 5.75 Å². The summed E-state index contributed by atoms with van der Waals surface area (Å²) in [7, 11) is 0. The van der Waals surface area contributed by atoms with E-state index in [1.54, 1.807) is 6.92 Å². The van der Waals surface area contributed by atoms with Crippen LogP contribution in [0.4, 0.5) is 4.39 Å². The Morgan fingerprint density at radius 1 is 1.45 bits per heavy atom. The monoisotopic (exact) mass is 281 g/mol. The van der Waals surface area contributed by atoms with Crippen molar-refractivity contribution in [1.82, 2.24) is 5.32 Å². The Morgan fingerprint density at radius 2 is 2.15 bits per heavy atom. The zero-order valence-corrected chi connectivity index (χ0v) is 11.5. The Labute approximate surface area is 117 Å². The lowest BCUT2D eigenvalue weighted by atomic mass is 10.1. The van der Waals surface area contributed by atoms with Gasteiger partial charge >= 0.3 is 0 Å². The van der Waals surface area contributed by atoms with Crippen LogP contribution in [-0.2, 0) is 4.79 Å². The summed E-state index contributed by atoms with van der Waals surface area (Å²) in [5.41, 5.74) is 0. The lowest BCUT2D eigenvalue weighted by Crippen LogP contribution is -2.40. The zero-order chi connectivity index (χ0) is 14.5. The highest BCUT2D eigenvalue weighted by Crippen LogP contribution is 2.24. The summed E-state index contributed by atoms with van der Waals surface area (Å²) < 4.78 is 18.2. The SMILES string of the molecule is CC(Oc1ccc(F)cc1)C(=O)NCC1CCCC1O. The Kier molecular flexibility index (Phi) is 4.95. The summed E-state index contributed by atoms with van der Waals surface area (Å²) in [5, 5.41) is 12.5. The third-order valence-corrected chi connectivity index (χ3v) is 3.65. The number of carbonyl (C=O) groups excluding carboxylic acids is 1. The van der Waals surface area contributed by atoms with Crippen molar-refractivity contribution in [2.24, 2.45) is 5.92 Å². The first-order chi connectivity index (χ1) is 9.56. The van der Waals surface area contributed by atoms with Gasteiger partial charge in [0.2, 0.25) is 0 Å². The van der Waals surface area contributed by atoms with Crippen molar-refractivity contribution in [3.63, 3.8) is 0 Å². The first-order valence-corrected chi connectivity index (χ1v) is 6.94. The third-order valence-electron chi connectivity index (χ3n) is 3.65. The molecule has 0 heterocycles. The lowest BCUT2D eigenvalue weighted by molar-refractivity contribution is -0.127. The molecule has 1 saturated carbocycles. The molecule has 0 aliphatic heterocycles. The molecule has 0 aromatic heterocycles. The van der Waals surface area contributed by atoms with E-state index >= 15 is 0 Å². The molecule has 3 atom stereocenters. The van der Waals surface area contributed by atoms with Gasteiger partial charge in [-0.3, -0.25) is 4.79 Å². The smallest absolute Gasteiger partial charge is 0.260 e. The van der Waals surface area contributed by atoms with Gasteiger partial charge in [0.15, 0.2) is 6.10 Å². The Balaban J connectivity index is 1.78. The van der Waals surface area contributed by atoms with Crippen LogP contribution in [-0.4, -0.2) is 29.8 Å². The van der Waals surface area contributed by atoms with Crippen molar-refractivity contribution in [3.05, 3.63) is 30.1 Å². The number of rotatable bonds is 5. The number of ether oxygens (including phenoxy) is 1. The molecule has 0 saturated heterocycles. The van der Waals surface area contributed by atoms with Crippen molar-refractivity contribution in [2.75, 3.05) is 6.54 Å².